The summed E-state index contributed by atoms with van der Waals surface area (Å²) < 4.78 is 0. The second kappa shape index (κ2) is 4.99. The maximum Gasteiger partial charge on any atom is 0.314 e. The largest absolute Gasteiger partial charge is 0.481 e. The van der Waals surface area contributed by atoms with E-state index in [1.165, 1.54) is 5.56 Å². The van der Waals surface area contributed by atoms with Crippen LogP contribution in [0.4, 0.5) is 0 Å². The van der Waals surface area contributed by atoms with Crippen molar-refractivity contribution in [2.24, 2.45) is 5.41 Å². The van der Waals surface area contributed by atoms with Gasteiger partial charge in [0.1, 0.15) is 0 Å². The Labute approximate surface area is 115 Å². The highest BCUT2D eigenvalue weighted by molar-refractivity contribution is 5.81. The molecule has 1 aromatic carbocycles. The molecule has 0 heterocycles. The summed E-state index contributed by atoms with van der Waals surface area (Å²) in [5.74, 6) is -0.659. The molecule has 0 bridgehead atoms. The maximum atomic E-state index is 11.6. The summed E-state index contributed by atoms with van der Waals surface area (Å²) >= 11 is 0. The van der Waals surface area contributed by atoms with E-state index < -0.39 is 11.4 Å². The average Bonchev–Trinajstić information content (AvgIpc) is 2.78. The topological polar surface area (TPSA) is 37.3 Å². The van der Waals surface area contributed by atoms with Gasteiger partial charge >= 0.3 is 5.97 Å². The van der Waals surface area contributed by atoms with Crippen LogP contribution in [-0.2, 0) is 16.6 Å². The predicted molar refractivity (Wildman–Crippen MR) is 77.4 cm³/mol. The second-order valence-corrected chi connectivity index (χ2v) is 7.03. The molecule has 19 heavy (non-hydrogen) atoms. The highest BCUT2D eigenvalue weighted by Gasteiger charge is 2.42. The zero-order valence-corrected chi connectivity index (χ0v) is 12.2. The third kappa shape index (κ3) is 2.99. The van der Waals surface area contributed by atoms with Crippen LogP contribution in [0.15, 0.2) is 24.3 Å². The lowest BCUT2D eigenvalue weighted by atomic mass is 9.78. The zero-order chi connectivity index (χ0) is 14.1. The standard InChI is InChI=1S/C17H24O2/c1-16(2,3)12-13-6-8-14(9-7-13)17(15(18)19)10-4-5-11-17/h6-9H,4-5,10-12H2,1-3H3,(H,18,19). The Morgan fingerprint density at radius 2 is 1.68 bits per heavy atom. The monoisotopic (exact) mass is 260 g/mol. The van der Waals surface area contributed by atoms with Crippen LogP contribution in [-0.4, -0.2) is 11.1 Å². The number of aliphatic carboxylic acids is 1. The van der Waals surface area contributed by atoms with Gasteiger partial charge in [-0.2, -0.15) is 0 Å². The van der Waals surface area contributed by atoms with E-state index in [0.29, 0.717) is 0 Å². The molecular formula is C17H24O2. The number of hydrogen-bond acceptors (Lipinski definition) is 1. The average molecular weight is 260 g/mol. The minimum atomic E-state index is -0.659. The van der Waals surface area contributed by atoms with Crippen LogP contribution in [0.25, 0.3) is 0 Å². The van der Waals surface area contributed by atoms with Crippen LogP contribution in [0, 0.1) is 5.41 Å². The summed E-state index contributed by atoms with van der Waals surface area (Å²) in [5.41, 5.74) is 1.91. The van der Waals surface area contributed by atoms with Crippen molar-refractivity contribution in [3.63, 3.8) is 0 Å². The van der Waals surface area contributed by atoms with E-state index in [-0.39, 0.29) is 5.41 Å². The molecular weight excluding hydrogens is 236 g/mol. The van der Waals surface area contributed by atoms with Crippen LogP contribution in [0.3, 0.4) is 0 Å². The van der Waals surface area contributed by atoms with Gasteiger partial charge in [0.2, 0.25) is 0 Å². The lowest BCUT2D eigenvalue weighted by Gasteiger charge is -2.25. The van der Waals surface area contributed by atoms with Gasteiger partial charge in [0, 0.05) is 0 Å². The summed E-state index contributed by atoms with van der Waals surface area (Å²) in [6.07, 6.45) is 4.63. The molecule has 0 saturated heterocycles. The first-order chi connectivity index (χ1) is 8.83. The van der Waals surface area contributed by atoms with Crippen molar-refractivity contribution in [1.29, 1.82) is 0 Å². The summed E-state index contributed by atoms with van der Waals surface area (Å²) in [4.78, 5) is 11.6. The van der Waals surface area contributed by atoms with Gasteiger partial charge in [-0.3, -0.25) is 4.79 Å². The number of benzene rings is 1. The summed E-state index contributed by atoms with van der Waals surface area (Å²) in [6.45, 7) is 6.66. The molecule has 2 heteroatoms. The van der Waals surface area contributed by atoms with Crippen molar-refractivity contribution in [3.8, 4) is 0 Å². The van der Waals surface area contributed by atoms with Crippen LogP contribution < -0.4 is 0 Å². The molecule has 1 aliphatic rings. The first-order valence-electron chi connectivity index (χ1n) is 7.16. The van der Waals surface area contributed by atoms with Crippen LogP contribution >= 0.6 is 0 Å². The Balaban J connectivity index is 2.24. The van der Waals surface area contributed by atoms with Crippen molar-refractivity contribution >= 4 is 5.97 Å². The molecule has 2 rings (SSSR count). The van der Waals surface area contributed by atoms with Gasteiger partial charge < -0.3 is 5.11 Å². The molecule has 0 spiro atoms. The van der Waals surface area contributed by atoms with Crippen molar-refractivity contribution in [2.45, 2.75) is 58.3 Å². The van der Waals surface area contributed by atoms with Gasteiger partial charge in [-0.1, -0.05) is 57.9 Å². The predicted octanol–water partition coefficient (Wildman–Crippen LogP) is 4.17. The number of carboxylic acids is 1. The van der Waals surface area contributed by atoms with Gasteiger partial charge in [-0.05, 0) is 35.8 Å². The van der Waals surface area contributed by atoms with E-state index in [4.69, 9.17) is 0 Å². The van der Waals surface area contributed by atoms with Crippen molar-refractivity contribution in [3.05, 3.63) is 35.4 Å². The van der Waals surface area contributed by atoms with E-state index in [9.17, 15) is 9.90 Å². The van der Waals surface area contributed by atoms with Gasteiger partial charge in [-0.25, -0.2) is 0 Å². The molecule has 104 valence electrons. The summed E-state index contributed by atoms with van der Waals surface area (Å²) in [5, 5.41) is 9.57. The van der Waals surface area contributed by atoms with Gasteiger partial charge in [0.25, 0.3) is 0 Å². The van der Waals surface area contributed by atoms with E-state index in [2.05, 4.69) is 32.9 Å². The molecule has 0 aromatic heterocycles. The smallest absolute Gasteiger partial charge is 0.314 e. The Hall–Kier alpha value is -1.31. The lowest BCUT2D eigenvalue weighted by molar-refractivity contribution is -0.143. The highest BCUT2D eigenvalue weighted by atomic mass is 16.4. The van der Waals surface area contributed by atoms with Crippen LogP contribution in [0.5, 0.6) is 0 Å². The normalized spacial score (nSPS) is 18.5. The van der Waals surface area contributed by atoms with Crippen LogP contribution in [0.2, 0.25) is 0 Å². The lowest BCUT2D eigenvalue weighted by Crippen LogP contribution is -2.32. The van der Waals surface area contributed by atoms with Crippen molar-refractivity contribution in [1.82, 2.24) is 0 Å². The minimum absolute atomic E-state index is 0.263. The van der Waals surface area contributed by atoms with E-state index in [1.807, 2.05) is 12.1 Å². The number of rotatable bonds is 3. The third-order valence-corrected chi connectivity index (χ3v) is 4.11. The zero-order valence-electron chi connectivity index (χ0n) is 12.2. The SMILES string of the molecule is CC(C)(C)Cc1ccc(C2(C(=O)O)CCCC2)cc1. The molecule has 1 aromatic rings. The Morgan fingerprint density at radius 1 is 1.16 bits per heavy atom. The fraction of sp³-hybridized carbons (Fsp3) is 0.588. The van der Waals surface area contributed by atoms with E-state index in [0.717, 1.165) is 37.7 Å². The van der Waals surface area contributed by atoms with Crippen molar-refractivity contribution < 1.29 is 9.90 Å². The van der Waals surface area contributed by atoms with Gasteiger partial charge in [-0.15, -0.1) is 0 Å². The molecule has 1 N–H and O–H groups in total. The van der Waals surface area contributed by atoms with E-state index in [1.54, 1.807) is 0 Å². The number of hydrogen-bond donors (Lipinski definition) is 1. The third-order valence-electron chi connectivity index (χ3n) is 4.11. The summed E-state index contributed by atoms with van der Waals surface area (Å²) in [6, 6.07) is 8.26. The molecule has 1 fully saturated rings. The molecule has 0 amide bonds. The van der Waals surface area contributed by atoms with E-state index >= 15 is 0 Å². The molecule has 0 unspecified atom stereocenters. The van der Waals surface area contributed by atoms with Crippen molar-refractivity contribution in [2.75, 3.05) is 0 Å². The number of carboxylic acid groups (broad SMARTS) is 1. The minimum Gasteiger partial charge on any atom is -0.481 e. The fourth-order valence-corrected chi connectivity index (χ4v) is 3.16. The molecule has 2 nitrogen and oxygen atoms in total. The fourth-order valence-electron chi connectivity index (χ4n) is 3.16. The summed E-state index contributed by atoms with van der Waals surface area (Å²) in [7, 11) is 0. The molecule has 1 aliphatic carbocycles. The quantitative estimate of drug-likeness (QED) is 0.885. The molecule has 0 aliphatic heterocycles. The first-order valence-corrected chi connectivity index (χ1v) is 7.16. The Kier molecular flexibility index (Phi) is 3.71. The second-order valence-electron chi connectivity index (χ2n) is 7.03. The van der Waals surface area contributed by atoms with Crippen LogP contribution in [0.1, 0.15) is 57.6 Å². The Bertz CT molecular complexity index is 445. The molecule has 1 saturated carbocycles. The molecule has 0 radical (unpaired) electrons. The molecule has 0 atom stereocenters. The first kappa shape index (κ1) is 14.1. The number of carbonyl (C=O) groups is 1. The highest BCUT2D eigenvalue weighted by Crippen LogP contribution is 2.41. The van der Waals surface area contributed by atoms with Gasteiger partial charge in [0.15, 0.2) is 0 Å². The maximum absolute atomic E-state index is 11.6. The Morgan fingerprint density at radius 3 is 2.11 bits per heavy atom. The van der Waals surface area contributed by atoms with Gasteiger partial charge in [0.05, 0.1) is 5.41 Å².